The maximum atomic E-state index is 14.8. The molecule has 3 aliphatic rings. The van der Waals surface area contributed by atoms with Crippen molar-refractivity contribution in [2.75, 3.05) is 32.9 Å². The van der Waals surface area contributed by atoms with Gasteiger partial charge >= 0.3 is 6.09 Å². The van der Waals surface area contributed by atoms with Crippen molar-refractivity contribution in [2.24, 2.45) is 22.9 Å². The van der Waals surface area contributed by atoms with E-state index in [1.54, 1.807) is 24.3 Å². The third kappa shape index (κ3) is 13.7. The van der Waals surface area contributed by atoms with E-state index in [1.165, 1.54) is 50.7 Å². The first kappa shape index (κ1) is 52.2. The molecule has 0 unspecified atom stereocenters. The van der Waals surface area contributed by atoms with Crippen LogP contribution in [-0.4, -0.2) is 82.5 Å². The first-order valence-corrected chi connectivity index (χ1v) is 24.8. The van der Waals surface area contributed by atoms with Crippen LogP contribution < -0.4 is 14.8 Å². The Labute approximate surface area is 392 Å². The Balaban J connectivity index is 1.65. The zero-order valence-corrected chi connectivity index (χ0v) is 39.8. The van der Waals surface area contributed by atoms with E-state index in [9.17, 15) is 29.9 Å². The SMILES string of the molecule is C=CCO[C@@]12Oc3ccc(OC(=O)NCC)cc3[C@H]3[C@H](CCCCO)[C@@H](CCCCO)C=C(C(=NOCc4ccc([N+](=O)[O-])cc4)C[C@@H]1N(CCC)C(=O)CCCCCCCCCCC)[C@H]32. The lowest BCUT2D eigenvalue weighted by atomic mass is 9.55. The number of benzene rings is 2. The minimum absolute atomic E-state index is 0.00334. The van der Waals surface area contributed by atoms with Crippen molar-refractivity contribution < 1.29 is 43.8 Å². The van der Waals surface area contributed by atoms with E-state index in [0.29, 0.717) is 61.5 Å². The summed E-state index contributed by atoms with van der Waals surface area (Å²) in [4.78, 5) is 46.7. The first-order chi connectivity index (χ1) is 32.2. The molecule has 0 aromatic heterocycles. The van der Waals surface area contributed by atoms with Gasteiger partial charge in [-0.1, -0.05) is 95.4 Å². The van der Waals surface area contributed by atoms with E-state index in [2.05, 4.69) is 31.8 Å². The number of nitrogens with zero attached hydrogens (tertiary/aromatic N) is 3. The molecule has 1 aliphatic heterocycles. The van der Waals surface area contributed by atoms with Gasteiger partial charge in [0, 0.05) is 62.8 Å². The fraction of sp³-hybridized carbons (Fsp3) is 0.635. The quantitative estimate of drug-likeness (QED) is 0.0295. The molecule has 3 N–H and O–H groups in total. The minimum Gasteiger partial charge on any atom is -0.459 e. The summed E-state index contributed by atoms with van der Waals surface area (Å²) in [5.74, 6) is -1.22. The predicted octanol–water partition coefficient (Wildman–Crippen LogP) is 10.7. The summed E-state index contributed by atoms with van der Waals surface area (Å²) in [6.45, 7) is 11.4. The molecule has 2 aliphatic carbocycles. The molecule has 6 atom stereocenters. The van der Waals surface area contributed by atoms with Gasteiger partial charge in [-0.25, -0.2) is 4.79 Å². The van der Waals surface area contributed by atoms with Gasteiger partial charge in [-0.2, -0.15) is 0 Å². The van der Waals surface area contributed by atoms with Gasteiger partial charge in [0.15, 0.2) is 0 Å². The van der Waals surface area contributed by atoms with Crippen molar-refractivity contribution in [3.8, 4) is 11.5 Å². The second kappa shape index (κ2) is 27.1. The predicted molar refractivity (Wildman–Crippen MR) is 256 cm³/mol. The molecule has 0 bridgehead atoms. The molecule has 1 fully saturated rings. The Hall–Kier alpha value is -4.79. The number of aliphatic hydroxyl groups excluding tert-OH is 2. The van der Waals surface area contributed by atoms with Crippen molar-refractivity contribution in [2.45, 2.75) is 161 Å². The number of oxime groups is 1. The number of allylic oxidation sites excluding steroid dienone is 1. The van der Waals surface area contributed by atoms with Crippen LogP contribution in [0.3, 0.4) is 0 Å². The Morgan fingerprint density at radius 1 is 0.939 bits per heavy atom. The van der Waals surface area contributed by atoms with Gasteiger partial charge in [-0.15, -0.1) is 6.58 Å². The number of amides is 2. The molecule has 364 valence electrons. The van der Waals surface area contributed by atoms with Gasteiger partial charge in [-0.3, -0.25) is 14.9 Å². The molecular formula is C52H76N4O10. The largest absolute Gasteiger partial charge is 0.459 e. The topological polar surface area (TPSA) is 182 Å². The van der Waals surface area contributed by atoms with Crippen molar-refractivity contribution >= 4 is 23.4 Å². The Bertz CT molecular complexity index is 1920. The monoisotopic (exact) mass is 917 g/mol. The van der Waals surface area contributed by atoms with Gasteiger partial charge in [0.05, 0.1) is 23.2 Å². The highest BCUT2D eigenvalue weighted by Gasteiger charge is 2.65. The van der Waals surface area contributed by atoms with Crippen LogP contribution in [0.25, 0.3) is 0 Å². The van der Waals surface area contributed by atoms with E-state index in [1.807, 2.05) is 24.0 Å². The molecule has 0 saturated heterocycles. The van der Waals surface area contributed by atoms with Gasteiger partial charge in [0.2, 0.25) is 11.7 Å². The van der Waals surface area contributed by atoms with Gasteiger partial charge in [0.25, 0.3) is 5.69 Å². The summed E-state index contributed by atoms with van der Waals surface area (Å²) in [6.07, 6.45) is 19.4. The molecule has 14 heteroatoms. The van der Waals surface area contributed by atoms with Crippen LogP contribution in [0.2, 0.25) is 0 Å². The molecule has 66 heavy (non-hydrogen) atoms. The number of carbonyl (C=O) groups is 2. The van der Waals surface area contributed by atoms with Crippen molar-refractivity contribution in [1.29, 1.82) is 0 Å². The van der Waals surface area contributed by atoms with Crippen LogP contribution in [0.4, 0.5) is 10.5 Å². The van der Waals surface area contributed by atoms with Crippen LogP contribution in [0.15, 0.2) is 71.9 Å². The second-order valence-electron chi connectivity index (χ2n) is 18.1. The minimum atomic E-state index is -1.40. The Kier molecular flexibility index (Phi) is 21.4. The van der Waals surface area contributed by atoms with Gasteiger partial charge in [-0.05, 0) is 98.8 Å². The number of hydrogen-bond acceptors (Lipinski definition) is 11. The number of fused-ring (bicyclic) bond motifs is 2. The highest BCUT2D eigenvalue weighted by atomic mass is 16.7. The summed E-state index contributed by atoms with van der Waals surface area (Å²) >= 11 is 0. The molecule has 2 aromatic rings. The fourth-order valence-corrected chi connectivity index (χ4v) is 10.3. The highest BCUT2D eigenvalue weighted by Crippen LogP contribution is 2.62. The van der Waals surface area contributed by atoms with E-state index in [0.717, 1.165) is 56.1 Å². The fourth-order valence-electron chi connectivity index (χ4n) is 10.3. The molecule has 2 aromatic carbocycles. The van der Waals surface area contributed by atoms with Gasteiger partial charge < -0.3 is 39.5 Å². The molecule has 14 nitrogen and oxygen atoms in total. The summed E-state index contributed by atoms with van der Waals surface area (Å²) < 4.78 is 20.2. The second-order valence-corrected chi connectivity index (χ2v) is 18.1. The van der Waals surface area contributed by atoms with Gasteiger partial charge in [0.1, 0.15) is 24.1 Å². The Morgan fingerprint density at radius 2 is 1.64 bits per heavy atom. The highest BCUT2D eigenvalue weighted by molar-refractivity contribution is 6.03. The molecule has 0 spiro atoms. The maximum absolute atomic E-state index is 14.8. The summed E-state index contributed by atoms with van der Waals surface area (Å²) in [5.41, 5.74) is 3.09. The van der Waals surface area contributed by atoms with Crippen LogP contribution in [0, 0.1) is 27.9 Å². The molecule has 1 saturated carbocycles. The maximum Gasteiger partial charge on any atom is 0.412 e. The van der Waals surface area contributed by atoms with Crippen molar-refractivity contribution in [3.63, 3.8) is 0 Å². The normalized spacial score (nSPS) is 22.3. The number of non-ortho nitro benzene ring substituents is 1. The smallest absolute Gasteiger partial charge is 0.412 e. The number of nitrogens with one attached hydrogen (secondary N) is 1. The van der Waals surface area contributed by atoms with E-state index < -0.39 is 28.8 Å². The van der Waals surface area contributed by atoms with Crippen molar-refractivity contribution in [3.05, 3.63) is 88.0 Å². The van der Waals surface area contributed by atoms with E-state index >= 15 is 0 Å². The first-order valence-electron chi connectivity index (χ1n) is 24.8. The third-order valence-corrected chi connectivity index (χ3v) is 13.4. The lowest BCUT2D eigenvalue weighted by Crippen LogP contribution is -2.70. The number of carbonyl (C=O) groups excluding carboxylic acids is 2. The summed E-state index contributed by atoms with van der Waals surface area (Å²) in [6, 6.07) is 11.0. The number of aliphatic hydroxyl groups is 2. The molecule has 1 heterocycles. The summed E-state index contributed by atoms with van der Waals surface area (Å²) in [5, 5.41) is 38.9. The van der Waals surface area contributed by atoms with E-state index in [4.69, 9.17) is 24.2 Å². The molecular weight excluding hydrogens is 841 g/mol. The zero-order chi connectivity index (χ0) is 47.3. The van der Waals surface area contributed by atoms with Crippen LogP contribution in [0.5, 0.6) is 11.5 Å². The lowest BCUT2D eigenvalue weighted by molar-refractivity contribution is -0.384. The van der Waals surface area contributed by atoms with Crippen LogP contribution >= 0.6 is 0 Å². The average molecular weight is 917 g/mol. The number of hydrogen-bond donors (Lipinski definition) is 3. The molecule has 5 rings (SSSR count). The average Bonchev–Trinajstić information content (AvgIpc) is 3.31. The number of nitro groups is 1. The number of rotatable bonds is 30. The Morgan fingerprint density at radius 3 is 2.29 bits per heavy atom. The third-order valence-electron chi connectivity index (χ3n) is 13.4. The van der Waals surface area contributed by atoms with E-state index in [-0.39, 0.29) is 62.2 Å². The zero-order valence-electron chi connectivity index (χ0n) is 39.8. The molecule has 0 radical (unpaired) electrons. The van der Waals surface area contributed by atoms with Crippen LogP contribution in [-0.2, 0) is 21.0 Å². The number of ether oxygens (including phenoxy) is 3. The standard InChI is InChI=1S/C52H76N4O10/c1-5-9-10-11-12-13-14-15-16-23-48(59)55(30-6-2)47-36-45(54-64-37-38-24-26-40(27-25-38)56(61)62)43-34-39(21-17-19-31-57)42(22-18-20-32-58)49-44-35-41(65-51(60)53-8-4)28-29-46(44)66-52(47,50(43)49)63-33-7-3/h7,24-29,34-35,39,42,47,49-50,57-58H,3,5-6,8-23,30-33,36-37H2,1-2,4H3,(H,53,60)/t39-,42+,47-,49+,50+,52+/m0/s1. The lowest BCUT2D eigenvalue weighted by Gasteiger charge is -2.60. The number of unbranched alkanes of at least 4 members (excludes halogenated alkanes) is 10. The summed E-state index contributed by atoms with van der Waals surface area (Å²) in [7, 11) is 0. The molecule has 2 amide bonds. The van der Waals surface area contributed by atoms with Crippen LogP contribution in [0.1, 0.15) is 153 Å². The van der Waals surface area contributed by atoms with Crippen molar-refractivity contribution in [1.82, 2.24) is 10.2 Å². The number of nitro benzene ring substituents is 1.